The lowest BCUT2D eigenvalue weighted by Gasteiger charge is -2.40. The van der Waals surface area contributed by atoms with Gasteiger partial charge in [-0.2, -0.15) is 5.53 Å². The molecule has 0 unspecified atom stereocenters. The molecule has 66 heavy (non-hydrogen) atoms. The number of nitrogens with two attached hydrogens (primary N) is 1. The lowest BCUT2D eigenvalue weighted by molar-refractivity contribution is 0.0433. The molecule has 0 atom stereocenters. The van der Waals surface area contributed by atoms with E-state index in [2.05, 4.69) is 160 Å². The third kappa shape index (κ3) is 19.5. The Labute approximate surface area is 400 Å². The number of hydrogen-bond acceptors (Lipinski definition) is 12. The van der Waals surface area contributed by atoms with Gasteiger partial charge in [0.05, 0.1) is 8.95 Å². The molecule has 2 aliphatic rings. The lowest BCUT2D eigenvalue weighted by atomic mass is 9.90. The summed E-state index contributed by atoms with van der Waals surface area (Å²) in [4.78, 5) is 42.8. The molecule has 29 nitrogen and oxygen atoms in total. The molecule has 0 aromatic carbocycles. The van der Waals surface area contributed by atoms with Gasteiger partial charge < -0.3 is 36.2 Å². The second kappa shape index (κ2) is 26.1. The Morgan fingerprint density at radius 3 is 1.59 bits per heavy atom. The van der Waals surface area contributed by atoms with Crippen LogP contribution in [0.3, 0.4) is 0 Å². The summed E-state index contributed by atoms with van der Waals surface area (Å²) >= 11 is 12.5. The standard InChI is InChI=1S/C17H24BrN5O2.C11H22N2O2.C6H3BrClN3.H3N15/c1-16(2,3)25-15(24)21-17(4)5-8-22(9-6-17)14-20-11-12(18)13-19-7-10-23(13)14;1-10(2,3)15-9(14)13-11(4)5-7-12-8-6-11;7-4-3-10-6(8)11-2-1-9-5(4)11;1-3-5-7-9-11-13-15-14-12-10-8-6-4-2/h7,10-11H,5-6,8-9H2,1-4H3,(H,21,24);12H,5-8H2,1-4H3,(H,13,14);1-3H;(H3,1,2,5,6,9,10,13,14). The molecule has 0 aliphatic carbocycles. The zero-order valence-corrected chi connectivity index (χ0v) is 41.3. The number of rotatable bonds is 9. The number of piperidine rings is 2. The number of fused-ring (bicyclic) bond motifs is 2. The third-order valence-corrected chi connectivity index (χ3v) is 10.1. The van der Waals surface area contributed by atoms with Crippen LogP contribution in [0.5, 0.6) is 0 Å². The third-order valence-electron chi connectivity index (χ3n) is 8.66. The fourth-order valence-corrected chi connectivity index (χ4v) is 6.68. The molecule has 32 heteroatoms. The fourth-order valence-electron chi connectivity index (χ4n) is 5.70. The van der Waals surface area contributed by atoms with Crippen LogP contribution in [0.4, 0.5) is 15.5 Å². The molecule has 6 N–H and O–H groups in total. The van der Waals surface area contributed by atoms with E-state index >= 15 is 0 Å². The van der Waals surface area contributed by atoms with Crippen molar-refractivity contribution in [2.45, 2.75) is 103 Å². The van der Waals surface area contributed by atoms with Gasteiger partial charge in [0.25, 0.3) is 0 Å². The number of anilines is 1. The first-order valence-electron chi connectivity index (χ1n) is 19.7. The summed E-state index contributed by atoms with van der Waals surface area (Å²) in [5, 5.41) is 46.9. The molecule has 6 rings (SSSR count). The molecule has 4 aromatic rings. The molecule has 2 amide bonds. The molecule has 0 radical (unpaired) electrons. The maximum Gasteiger partial charge on any atom is 0.408 e. The van der Waals surface area contributed by atoms with E-state index in [0.717, 1.165) is 78.1 Å². The number of carbonyl (C=O) groups excluding carboxylic acids is 2. The first-order chi connectivity index (χ1) is 31.2. The van der Waals surface area contributed by atoms with E-state index in [4.69, 9.17) is 26.6 Å². The van der Waals surface area contributed by atoms with Crippen LogP contribution in [-0.4, -0.2) is 89.4 Å². The van der Waals surface area contributed by atoms with Crippen molar-refractivity contribution >= 4 is 72.9 Å². The van der Waals surface area contributed by atoms with Crippen molar-refractivity contribution < 1.29 is 19.1 Å². The Kier molecular flexibility index (Phi) is 21.4. The Balaban J connectivity index is 0.000000246. The zero-order chi connectivity index (χ0) is 48.8. The highest BCUT2D eigenvalue weighted by atomic mass is 79.9. The van der Waals surface area contributed by atoms with Crippen LogP contribution < -0.4 is 26.7 Å². The Morgan fingerprint density at radius 1 is 0.712 bits per heavy atom. The van der Waals surface area contributed by atoms with Gasteiger partial charge in [-0.3, -0.25) is 8.80 Å². The summed E-state index contributed by atoms with van der Waals surface area (Å²) in [7, 11) is 0. The molecule has 2 saturated heterocycles. The fraction of sp³-hybridized carbons (Fsp3) is 0.588. The van der Waals surface area contributed by atoms with Crippen molar-refractivity contribution in [3.8, 4) is 0 Å². The summed E-state index contributed by atoms with van der Waals surface area (Å²) in [6.45, 7) is 18.9. The average molecular weight is 1070 g/mol. The molecule has 0 saturated carbocycles. The Hall–Kier alpha value is -6.21. The smallest absolute Gasteiger partial charge is 0.408 e. The van der Waals surface area contributed by atoms with E-state index < -0.39 is 11.2 Å². The molecule has 2 fully saturated rings. The van der Waals surface area contributed by atoms with Crippen molar-refractivity contribution in [3.63, 3.8) is 0 Å². The lowest BCUT2D eigenvalue weighted by Crippen LogP contribution is -2.54. The second-order valence-corrected chi connectivity index (χ2v) is 18.4. The molecular formula is C34H52Br2ClN25O4. The van der Waals surface area contributed by atoms with Gasteiger partial charge in [0.1, 0.15) is 11.2 Å². The Morgan fingerprint density at radius 2 is 1.14 bits per heavy atom. The first kappa shape index (κ1) is 54.1. The molecule has 0 bridgehead atoms. The normalized spacial score (nSPS) is 16.3. The number of hydrogen-bond donors (Lipinski definition) is 5. The predicted molar refractivity (Wildman–Crippen MR) is 244 cm³/mol. The highest BCUT2D eigenvalue weighted by Crippen LogP contribution is 2.28. The molecule has 4 aromatic heterocycles. The number of amides is 2. The van der Waals surface area contributed by atoms with Gasteiger partial charge in [-0.15, -0.1) is 0 Å². The van der Waals surface area contributed by atoms with Gasteiger partial charge in [-0.25, -0.2) is 29.5 Å². The summed E-state index contributed by atoms with van der Waals surface area (Å²) in [6, 6.07) is 0. The minimum atomic E-state index is -0.491. The van der Waals surface area contributed by atoms with Gasteiger partial charge >= 0.3 is 12.2 Å². The molecule has 6 heterocycles. The summed E-state index contributed by atoms with van der Waals surface area (Å²) in [6.07, 6.45) is 13.4. The number of ether oxygens (including phenoxy) is 2. The van der Waals surface area contributed by atoms with Gasteiger partial charge in [-0.1, -0.05) is 5.22 Å². The first-order valence-corrected chi connectivity index (χ1v) is 21.7. The average Bonchev–Trinajstić information content (AvgIpc) is 3.94. The van der Waals surface area contributed by atoms with E-state index in [-0.39, 0.29) is 23.3 Å². The van der Waals surface area contributed by atoms with Gasteiger partial charge in [0.2, 0.25) is 11.2 Å². The molecule has 0 spiro atoms. The van der Waals surface area contributed by atoms with Crippen molar-refractivity contribution in [1.29, 1.82) is 5.53 Å². The molecular weight excluding hydrogens is 1020 g/mol. The quantitative estimate of drug-likeness (QED) is 0.0455. The topological polar surface area (TPSA) is 363 Å². The number of imidazole rings is 2. The maximum atomic E-state index is 12.1. The monoisotopic (exact) mass is 1070 g/mol. The van der Waals surface area contributed by atoms with E-state index in [1.807, 2.05) is 52.1 Å². The number of nitrogens with zero attached hydrogens (tertiary/aromatic N) is 20. The number of alkyl carbamates (subject to hydrolysis) is 2. The summed E-state index contributed by atoms with van der Waals surface area (Å²) in [5.41, 5.74) is 6.48. The van der Waals surface area contributed by atoms with E-state index in [9.17, 15) is 9.59 Å². The Bertz CT molecular complexity index is 2320. The van der Waals surface area contributed by atoms with Crippen LogP contribution >= 0.6 is 43.5 Å². The van der Waals surface area contributed by atoms with Crippen molar-refractivity contribution in [2.75, 3.05) is 31.1 Å². The number of aromatic nitrogens is 6. The van der Waals surface area contributed by atoms with Crippen LogP contribution in [0, 0.1) is 5.53 Å². The molecule has 358 valence electrons. The van der Waals surface area contributed by atoms with Crippen LogP contribution in [-0.2, 0) is 9.47 Å². The number of carbonyl (C=O) groups is 2. The van der Waals surface area contributed by atoms with Crippen LogP contribution in [0.25, 0.3) is 11.3 Å². The van der Waals surface area contributed by atoms with E-state index in [0.29, 0.717) is 5.28 Å². The van der Waals surface area contributed by atoms with Gasteiger partial charge in [0.15, 0.2) is 11.3 Å². The minimum Gasteiger partial charge on any atom is -0.444 e. The van der Waals surface area contributed by atoms with Crippen LogP contribution in [0.1, 0.15) is 81.1 Å². The highest BCUT2D eigenvalue weighted by Gasteiger charge is 2.34. The van der Waals surface area contributed by atoms with Crippen molar-refractivity contribution in [1.82, 2.24) is 44.7 Å². The van der Waals surface area contributed by atoms with E-state index in [1.54, 1.807) is 35.4 Å². The van der Waals surface area contributed by atoms with Crippen molar-refractivity contribution in [3.05, 3.63) is 51.4 Å². The SMILES string of the molecule is CC1(NC(=O)OC(C)(C)C)CCN(c2ncc(Br)c3nccn23)CC1.CC1(NC(=O)OC(C)(C)C)CCNCC1.Clc1ncc(Br)c2nccn12.N=N/N=N/N=N/N=N/N=N/N=N/N=N/N. The summed E-state index contributed by atoms with van der Waals surface area (Å²) < 4.78 is 16.0. The zero-order valence-electron chi connectivity index (χ0n) is 37.4. The largest absolute Gasteiger partial charge is 0.444 e. The van der Waals surface area contributed by atoms with Gasteiger partial charge in [0, 0.05) is 61.3 Å². The van der Waals surface area contributed by atoms with Crippen molar-refractivity contribution in [2.24, 2.45) is 73.7 Å². The predicted octanol–water partition coefficient (Wildman–Crippen LogP) is 9.27. The summed E-state index contributed by atoms with van der Waals surface area (Å²) in [5.74, 6) is 5.44. The van der Waals surface area contributed by atoms with E-state index in [1.165, 1.54) is 0 Å². The van der Waals surface area contributed by atoms with Gasteiger partial charge in [-0.05, 0) is 200 Å². The molecule has 2 aliphatic heterocycles. The number of halogens is 3. The van der Waals surface area contributed by atoms with Crippen LogP contribution in [0.15, 0.2) is 114 Å². The number of nitrogens with one attached hydrogen (secondary N) is 4. The highest BCUT2D eigenvalue weighted by molar-refractivity contribution is 9.11. The minimum absolute atomic E-state index is 0.117. The maximum absolute atomic E-state index is 12.1. The van der Waals surface area contributed by atoms with Crippen LogP contribution in [0.2, 0.25) is 5.28 Å². The second-order valence-electron chi connectivity index (χ2n) is 16.3.